The Bertz CT molecular complexity index is 137. The van der Waals surface area contributed by atoms with Crippen molar-refractivity contribution in [2.24, 2.45) is 29.6 Å². The summed E-state index contributed by atoms with van der Waals surface area (Å²) in [6.45, 7) is 12.0. The van der Waals surface area contributed by atoms with E-state index in [0.717, 1.165) is 29.6 Å². The molecule has 0 N–H and O–H groups in total. The molecule has 0 spiro atoms. The first-order chi connectivity index (χ1) is 5.52. The topological polar surface area (TPSA) is 0 Å². The third kappa shape index (κ3) is 2.02. The van der Waals surface area contributed by atoms with Gasteiger partial charge < -0.3 is 0 Å². The second kappa shape index (κ2) is 3.81. The average molecular weight is 168 g/mol. The molecule has 0 heterocycles. The van der Waals surface area contributed by atoms with E-state index in [1.807, 2.05) is 0 Å². The van der Waals surface area contributed by atoms with Crippen molar-refractivity contribution in [1.82, 2.24) is 0 Å². The Morgan fingerprint density at radius 2 is 1.33 bits per heavy atom. The van der Waals surface area contributed by atoms with Gasteiger partial charge in [0, 0.05) is 0 Å². The summed E-state index contributed by atoms with van der Waals surface area (Å²) < 4.78 is 0. The minimum absolute atomic E-state index is 0.884. The molecule has 0 saturated heterocycles. The van der Waals surface area contributed by atoms with Crippen LogP contribution in [0.5, 0.6) is 0 Å². The normalized spacial score (nSPS) is 43.5. The fourth-order valence-corrected chi connectivity index (χ4v) is 2.82. The Morgan fingerprint density at radius 1 is 0.833 bits per heavy atom. The monoisotopic (exact) mass is 168 g/mol. The lowest BCUT2D eigenvalue weighted by Gasteiger charge is -2.39. The number of rotatable bonds is 1. The van der Waals surface area contributed by atoms with Crippen LogP contribution in [0.25, 0.3) is 0 Å². The molecule has 0 aromatic heterocycles. The highest BCUT2D eigenvalue weighted by molar-refractivity contribution is 4.81. The van der Waals surface area contributed by atoms with Gasteiger partial charge >= 0.3 is 0 Å². The minimum Gasteiger partial charge on any atom is -0.0625 e. The molecule has 4 atom stereocenters. The molecule has 0 aliphatic heterocycles. The molecule has 1 rings (SSSR count). The predicted molar refractivity (Wildman–Crippen MR) is 55.1 cm³/mol. The van der Waals surface area contributed by atoms with Gasteiger partial charge in [0.2, 0.25) is 0 Å². The molecule has 0 bridgehead atoms. The lowest BCUT2D eigenvalue weighted by Crippen LogP contribution is -2.30. The van der Waals surface area contributed by atoms with Gasteiger partial charge in [-0.3, -0.25) is 0 Å². The molecule has 12 heavy (non-hydrogen) atoms. The van der Waals surface area contributed by atoms with E-state index >= 15 is 0 Å². The van der Waals surface area contributed by atoms with Crippen molar-refractivity contribution in [3.63, 3.8) is 0 Å². The smallest absolute Gasteiger partial charge is 0.0363 e. The van der Waals surface area contributed by atoms with Gasteiger partial charge in [0.15, 0.2) is 0 Å². The van der Waals surface area contributed by atoms with Crippen LogP contribution in [0.3, 0.4) is 0 Å². The summed E-state index contributed by atoms with van der Waals surface area (Å²) in [5.41, 5.74) is 0. The van der Waals surface area contributed by atoms with Crippen molar-refractivity contribution in [2.75, 3.05) is 0 Å². The van der Waals surface area contributed by atoms with Crippen LogP contribution < -0.4 is 0 Å². The molecule has 0 radical (unpaired) electrons. The van der Waals surface area contributed by atoms with E-state index in [1.54, 1.807) is 0 Å². The summed E-state index contributed by atoms with van der Waals surface area (Å²) in [6.07, 6.45) is 2.91. The maximum atomic E-state index is 2.44. The lowest BCUT2D eigenvalue weighted by atomic mass is 9.67. The molecule has 0 aromatic rings. The molecule has 1 aliphatic rings. The van der Waals surface area contributed by atoms with Gasteiger partial charge in [-0.05, 0) is 42.4 Å². The molecular formula is C12H24. The molecule has 1 aliphatic carbocycles. The molecular weight excluding hydrogens is 144 g/mol. The second-order valence-corrected chi connectivity index (χ2v) is 5.31. The molecule has 0 amide bonds. The van der Waals surface area contributed by atoms with Crippen LogP contribution in [-0.2, 0) is 0 Å². The standard InChI is InChI=1S/C12H24/c1-8(2)12-7-10(4)9(3)6-11(12)5/h8-12H,6-7H2,1-5H3. The summed E-state index contributed by atoms with van der Waals surface area (Å²) in [6, 6.07) is 0. The highest BCUT2D eigenvalue weighted by Gasteiger charge is 2.31. The van der Waals surface area contributed by atoms with Gasteiger partial charge in [-0.25, -0.2) is 0 Å². The van der Waals surface area contributed by atoms with Gasteiger partial charge in [-0.1, -0.05) is 34.6 Å². The summed E-state index contributed by atoms with van der Waals surface area (Å²) in [4.78, 5) is 0. The fraction of sp³-hybridized carbons (Fsp3) is 1.00. The van der Waals surface area contributed by atoms with Gasteiger partial charge in [-0.15, -0.1) is 0 Å². The molecule has 0 heteroatoms. The Kier molecular flexibility index (Phi) is 3.20. The summed E-state index contributed by atoms with van der Waals surface area (Å²) >= 11 is 0. The Balaban J connectivity index is 2.55. The highest BCUT2D eigenvalue weighted by atomic mass is 14.4. The molecule has 1 saturated carbocycles. The highest BCUT2D eigenvalue weighted by Crippen LogP contribution is 2.40. The summed E-state index contributed by atoms with van der Waals surface area (Å²) in [5, 5.41) is 0. The van der Waals surface area contributed by atoms with Gasteiger partial charge in [0.1, 0.15) is 0 Å². The zero-order chi connectivity index (χ0) is 9.30. The van der Waals surface area contributed by atoms with Crippen molar-refractivity contribution in [3.05, 3.63) is 0 Å². The van der Waals surface area contributed by atoms with Crippen LogP contribution in [0.2, 0.25) is 0 Å². The predicted octanol–water partition coefficient (Wildman–Crippen LogP) is 3.96. The van der Waals surface area contributed by atoms with E-state index in [4.69, 9.17) is 0 Å². The van der Waals surface area contributed by atoms with E-state index < -0.39 is 0 Å². The first-order valence-corrected chi connectivity index (χ1v) is 5.52. The summed E-state index contributed by atoms with van der Waals surface area (Å²) in [5.74, 6) is 4.73. The van der Waals surface area contributed by atoms with Crippen molar-refractivity contribution in [1.29, 1.82) is 0 Å². The first kappa shape index (κ1) is 10.1. The average Bonchev–Trinajstić information content (AvgIpc) is 1.96. The van der Waals surface area contributed by atoms with Crippen molar-refractivity contribution in [2.45, 2.75) is 47.5 Å². The molecule has 0 nitrogen and oxygen atoms in total. The Morgan fingerprint density at radius 3 is 1.83 bits per heavy atom. The van der Waals surface area contributed by atoms with Crippen LogP contribution in [0, 0.1) is 29.6 Å². The van der Waals surface area contributed by atoms with E-state index in [9.17, 15) is 0 Å². The zero-order valence-electron chi connectivity index (χ0n) is 9.30. The lowest BCUT2D eigenvalue weighted by molar-refractivity contribution is 0.109. The van der Waals surface area contributed by atoms with Crippen LogP contribution in [0.1, 0.15) is 47.5 Å². The molecule has 72 valence electrons. The van der Waals surface area contributed by atoms with Crippen LogP contribution >= 0.6 is 0 Å². The summed E-state index contributed by atoms with van der Waals surface area (Å²) in [7, 11) is 0. The maximum absolute atomic E-state index is 2.44. The molecule has 1 fully saturated rings. The first-order valence-electron chi connectivity index (χ1n) is 5.52. The van der Waals surface area contributed by atoms with Gasteiger partial charge in [0.25, 0.3) is 0 Å². The largest absolute Gasteiger partial charge is 0.0625 e. The molecule has 4 unspecified atom stereocenters. The number of hydrogen-bond acceptors (Lipinski definition) is 0. The van der Waals surface area contributed by atoms with Crippen molar-refractivity contribution < 1.29 is 0 Å². The minimum atomic E-state index is 0.884. The van der Waals surface area contributed by atoms with Crippen LogP contribution in [-0.4, -0.2) is 0 Å². The Labute approximate surface area is 77.7 Å². The number of hydrogen-bond donors (Lipinski definition) is 0. The van der Waals surface area contributed by atoms with Crippen LogP contribution in [0.4, 0.5) is 0 Å². The third-order valence-corrected chi connectivity index (χ3v) is 3.95. The van der Waals surface area contributed by atoms with E-state index in [-0.39, 0.29) is 0 Å². The van der Waals surface area contributed by atoms with Gasteiger partial charge in [0.05, 0.1) is 0 Å². The van der Waals surface area contributed by atoms with Crippen molar-refractivity contribution in [3.8, 4) is 0 Å². The maximum Gasteiger partial charge on any atom is -0.0363 e. The SMILES string of the molecule is CC(C)C1CC(C)C(C)CC1C. The molecule has 0 aromatic carbocycles. The van der Waals surface area contributed by atoms with E-state index in [0.29, 0.717) is 0 Å². The van der Waals surface area contributed by atoms with Gasteiger partial charge in [-0.2, -0.15) is 0 Å². The third-order valence-electron chi connectivity index (χ3n) is 3.95. The Hall–Kier alpha value is 0. The van der Waals surface area contributed by atoms with Crippen LogP contribution in [0.15, 0.2) is 0 Å². The van der Waals surface area contributed by atoms with E-state index in [2.05, 4.69) is 34.6 Å². The fourth-order valence-electron chi connectivity index (χ4n) is 2.82. The zero-order valence-corrected chi connectivity index (χ0v) is 9.30. The quantitative estimate of drug-likeness (QED) is 0.556. The second-order valence-electron chi connectivity index (χ2n) is 5.31. The van der Waals surface area contributed by atoms with Crippen molar-refractivity contribution >= 4 is 0 Å². The van der Waals surface area contributed by atoms with E-state index in [1.165, 1.54) is 12.8 Å².